The van der Waals surface area contributed by atoms with Crippen LogP contribution in [0.5, 0.6) is 0 Å². The van der Waals surface area contributed by atoms with Crippen molar-refractivity contribution in [2.45, 2.75) is 44.1 Å². The lowest BCUT2D eigenvalue weighted by atomic mass is 9.91. The second kappa shape index (κ2) is 5.34. The Labute approximate surface area is 124 Å². The third kappa shape index (κ3) is 2.75. The molecule has 4 nitrogen and oxygen atoms in total. The average molecular weight is 342 g/mol. The van der Waals surface area contributed by atoms with E-state index < -0.39 is 5.54 Å². The molecule has 0 saturated heterocycles. The zero-order valence-electron chi connectivity index (χ0n) is 10.6. The molecule has 0 amide bonds. The Balaban J connectivity index is 1.87. The van der Waals surface area contributed by atoms with Crippen LogP contribution in [-0.2, 0) is 5.54 Å². The fourth-order valence-corrected chi connectivity index (χ4v) is 3.68. The van der Waals surface area contributed by atoms with E-state index in [0.717, 1.165) is 35.0 Å². The molecule has 0 bridgehead atoms. The third-order valence-corrected chi connectivity index (χ3v) is 5.19. The highest BCUT2D eigenvalue weighted by atomic mass is 79.9. The Morgan fingerprint density at radius 2 is 2.00 bits per heavy atom. The maximum atomic E-state index is 6.49. The van der Waals surface area contributed by atoms with E-state index in [9.17, 15) is 0 Å². The minimum absolute atomic E-state index is 0.411. The lowest BCUT2D eigenvalue weighted by Gasteiger charge is -2.23. The van der Waals surface area contributed by atoms with Crippen LogP contribution in [0.15, 0.2) is 19.8 Å². The lowest BCUT2D eigenvalue weighted by Crippen LogP contribution is -2.37. The van der Waals surface area contributed by atoms with Gasteiger partial charge in [0, 0.05) is 5.38 Å². The van der Waals surface area contributed by atoms with Crippen LogP contribution in [0.1, 0.15) is 44.3 Å². The minimum atomic E-state index is -0.411. The normalized spacial score (nSPS) is 19.3. The SMILES string of the molecule is NC1(c2noc(-c3csc(Br)c3)n2)CCCCCC1. The molecule has 2 N–H and O–H groups in total. The van der Waals surface area contributed by atoms with Gasteiger partial charge in [-0.2, -0.15) is 4.98 Å². The molecule has 0 spiro atoms. The largest absolute Gasteiger partial charge is 0.334 e. The Bertz CT molecular complexity index is 558. The molecule has 0 radical (unpaired) electrons. The molecule has 102 valence electrons. The Kier molecular flexibility index (Phi) is 3.73. The molecule has 3 rings (SSSR count). The average Bonchev–Trinajstić information content (AvgIpc) is 2.97. The van der Waals surface area contributed by atoms with Crippen molar-refractivity contribution in [1.82, 2.24) is 10.1 Å². The van der Waals surface area contributed by atoms with Gasteiger partial charge in [0.05, 0.1) is 14.9 Å². The van der Waals surface area contributed by atoms with Crippen LogP contribution in [0, 0.1) is 0 Å². The van der Waals surface area contributed by atoms with E-state index in [4.69, 9.17) is 10.3 Å². The van der Waals surface area contributed by atoms with Gasteiger partial charge >= 0.3 is 0 Å². The standard InChI is InChI=1S/C13H16BrN3OS/c14-10-7-9(8-19-10)11-16-12(17-18-11)13(15)5-3-1-2-4-6-13/h7-8H,1-6,15H2. The first-order valence-corrected chi connectivity index (χ1v) is 8.22. The van der Waals surface area contributed by atoms with Gasteiger partial charge in [-0.25, -0.2) is 0 Å². The van der Waals surface area contributed by atoms with Gasteiger partial charge in [0.1, 0.15) is 0 Å². The number of rotatable bonds is 2. The fourth-order valence-electron chi connectivity index (χ4n) is 2.55. The number of hydrogen-bond acceptors (Lipinski definition) is 5. The maximum absolute atomic E-state index is 6.49. The number of hydrogen-bond donors (Lipinski definition) is 1. The van der Waals surface area contributed by atoms with Gasteiger partial charge in [0.2, 0.25) is 0 Å². The summed E-state index contributed by atoms with van der Waals surface area (Å²) in [6, 6.07) is 1.98. The van der Waals surface area contributed by atoms with Crippen LogP contribution < -0.4 is 5.73 Å². The predicted molar refractivity (Wildman–Crippen MR) is 78.9 cm³/mol. The molecule has 6 heteroatoms. The highest BCUT2D eigenvalue weighted by Gasteiger charge is 2.33. The number of thiophene rings is 1. The lowest BCUT2D eigenvalue weighted by molar-refractivity contribution is 0.334. The van der Waals surface area contributed by atoms with E-state index >= 15 is 0 Å². The van der Waals surface area contributed by atoms with E-state index in [0.29, 0.717) is 11.7 Å². The molecule has 2 aromatic rings. The van der Waals surface area contributed by atoms with Gasteiger partial charge in [0.15, 0.2) is 5.82 Å². The topological polar surface area (TPSA) is 64.9 Å². The Hall–Kier alpha value is -0.720. The summed E-state index contributed by atoms with van der Waals surface area (Å²) in [6.45, 7) is 0. The van der Waals surface area contributed by atoms with Gasteiger partial charge in [-0.15, -0.1) is 11.3 Å². The summed E-state index contributed by atoms with van der Waals surface area (Å²) in [7, 11) is 0. The summed E-state index contributed by atoms with van der Waals surface area (Å²) in [6.07, 6.45) is 6.68. The molecule has 1 aliphatic rings. The van der Waals surface area contributed by atoms with Crippen LogP contribution in [-0.4, -0.2) is 10.1 Å². The highest BCUT2D eigenvalue weighted by Crippen LogP contribution is 2.34. The smallest absolute Gasteiger partial charge is 0.258 e. The van der Waals surface area contributed by atoms with Gasteiger partial charge in [0.25, 0.3) is 5.89 Å². The van der Waals surface area contributed by atoms with E-state index in [-0.39, 0.29) is 0 Å². The summed E-state index contributed by atoms with van der Waals surface area (Å²) >= 11 is 5.04. The second-order valence-corrected chi connectivity index (χ2v) is 7.42. The maximum Gasteiger partial charge on any atom is 0.258 e. The van der Waals surface area contributed by atoms with E-state index in [1.54, 1.807) is 11.3 Å². The molecule has 1 saturated carbocycles. The van der Waals surface area contributed by atoms with Crippen molar-refractivity contribution in [2.75, 3.05) is 0 Å². The molecule has 0 unspecified atom stereocenters. The first kappa shape index (κ1) is 13.3. The molecule has 1 fully saturated rings. The van der Waals surface area contributed by atoms with Crippen molar-refractivity contribution in [2.24, 2.45) is 5.73 Å². The number of aromatic nitrogens is 2. The number of nitrogens with two attached hydrogens (primary N) is 1. The zero-order chi connectivity index (χ0) is 13.3. The fraction of sp³-hybridized carbons (Fsp3) is 0.538. The predicted octanol–water partition coefficient (Wildman–Crippen LogP) is 4.07. The van der Waals surface area contributed by atoms with Crippen LogP contribution in [0.25, 0.3) is 11.5 Å². The van der Waals surface area contributed by atoms with Gasteiger partial charge in [-0.1, -0.05) is 30.8 Å². The van der Waals surface area contributed by atoms with Gasteiger partial charge in [-0.05, 0) is 34.8 Å². The summed E-state index contributed by atoms with van der Waals surface area (Å²) in [5, 5.41) is 6.11. The van der Waals surface area contributed by atoms with Crippen molar-refractivity contribution in [3.63, 3.8) is 0 Å². The molecule has 2 heterocycles. The molecular weight excluding hydrogens is 326 g/mol. The van der Waals surface area contributed by atoms with Crippen molar-refractivity contribution in [3.8, 4) is 11.5 Å². The van der Waals surface area contributed by atoms with E-state index in [2.05, 4.69) is 26.1 Å². The molecule has 2 aromatic heterocycles. The molecule has 0 aromatic carbocycles. The monoisotopic (exact) mass is 341 g/mol. The quantitative estimate of drug-likeness (QED) is 0.836. The van der Waals surface area contributed by atoms with Crippen molar-refractivity contribution in [1.29, 1.82) is 0 Å². The highest BCUT2D eigenvalue weighted by molar-refractivity contribution is 9.11. The molecular formula is C13H16BrN3OS. The number of nitrogens with zero attached hydrogens (tertiary/aromatic N) is 2. The first-order valence-electron chi connectivity index (χ1n) is 6.55. The Morgan fingerprint density at radius 3 is 2.63 bits per heavy atom. The Morgan fingerprint density at radius 1 is 1.26 bits per heavy atom. The van der Waals surface area contributed by atoms with Gasteiger partial charge < -0.3 is 10.3 Å². The minimum Gasteiger partial charge on any atom is -0.334 e. The first-order chi connectivity index (χ1) is 9.17. The second-order valence-electron chi connectivity index (χ2n) is 5.13. The molecule has 1 aliphatic carbocycles. The van der Waals surface area contributed by atoms with Crippen molar-refractivity contribution < 1.29 is 4.52 Å². The van der Waals surface area contributed by atoms with E-state index in [1.165, 1.54) is 12.8 Å². The summed E-state index contributed by atoms with van der Waals surface area (Å²) in [5.41, 5.74) is 7.03. The van der Waals surface area contributed by atoms with Crippen LogP contribution >= 0.6 is 27.3 Å². The van der Waals surface area contributed by atoms with Gasteiger partial charge in [-0.3, -0.25) is 0 Å². The summed E-state index contributed by atoms with van der Waals surface area (Å²) in [5.74, 6) is 1.22. The van der Waals surface area contributed by atoms with E-state index in [1.807, 2.05) is 11.4 Å². The number of halogens is 1. The summed E-state index contributed by atoms with van der Waals surface area (Å²) in [4.78, 5) is 4.51. The zero-order valence-corrected chi connectivity index (χ0v) is 13.0. The van der Waals surface area contributed by atoms with Crippen molar-refractivity contribution in [3.05, 3.63) is 21.1 Å². The molecule has 0 aliphatic heterocycles. The van der Waals surface area contributed by atoms with Crippen LogP contribution in [0.3, 0.4) is 0 Å². The third-order valence-electron chi connectivity index (χ3n) is 3.68. The summed E-state index contributed by atoms with van der Waals surface area (Å²) < 4.78 is 6.42. The van der Waals surface area contributed by atoms with Crippen LogP contribution in [0.4, 0.5) is 0 Å². The van der Waals surface area contributed by atoms with Crippen LogP contribution in [0.2, 0.25) is 0 Å². The molecule has 0 atom stereocenters. The van der Waals surface area contributed by atoms with Crippen molar-refractivity contribution >= 4 is 27.3 Å². The molecule has 19 heavy (non-hydrogen) atoms.